The van der Waals surface area contributed by atoms with Gasteiger partial charge >= 0.3 is 0 Å². The van der Waals surface area contributed by atoms with E-state index in [9.17, 15) is 0 Å². The third-order valence-electron chi connectivity index (χ3n) is 5.75. The number of methoxy groups -OCH3 is 5. The summed E-state index contributed by atoms with van der Waals surface area (Å²) in [6.07, 6.45) is 5.83. The lowest BCUT2D eigenvalue weighted by atomic mass is 9.93. The van der Waals surface area contributed by atoms with Crippen molar-refractivity contribution in [2.75, 3.05) is 35.5 Å². The summed E-state index contributed by atoms with van der Waals surface area (Å²) < 4.78 is 34.6. The summed E-state index contributed by atoms with van der Waals surface area (Å²) in [5.74, 6) is 1.84. The molecule has 0 aromatic heterocycles. The average Bonchev–Trinajstić information content (AvgIpc) is 2.90. The lowest BCUT2D eigenvalue weighted by Gasteiger charge is -2.36. The van der Waals surface area contributed by atoms with Gasteiger partial charge in [-0.3, -0.25) is 0 Å². The maximum atomic E-state index is 6.56. The Morgan fingerprint density at radius 3 is 2.00 bits per heavy atom. The van der Waals surface area contributed by atoms with Gasteiger partial charge in [0.2, 0.25) is 0 Å². The molecule has 0 fully saturated rings. The van der Waals surface area contributed by atoms with Gasteiger partial charge < -0.3 is 28.4 Å². The fourth-order valence-electron chi connectivity index (χ4n) is 3.95. The van der Waals surface area contributed by atoms with Gasteiger partial charge in [-0.2, -0.15) is 0 Å². The predicted octanol–water partition coefficient (Wildman–Crippen LogP) is 5.76. The molecular weight excluding hydrogens is 432 g/mol. The fourth-order valence-corrected chi connectivity index (χ4v) is 3.95. The van der Waals surface area contributed by atoms with Crippen LogP contribution in [0.2, 0.25) is 0 Å². The highest BCUT2D eigenvalue weighted by Crippen LogP contribution is 2.46. The molecule has 3 aromatic carbocycles. The molecule has 0 radical (unpaired) electrons. The van der Waals surface area contributed by atoms with Crippen LogP contribution in [0, 0.1) is 0 Å². The standard InChI is InChI=1S/C28H28O6/c1-29-23-12-11-20(15-25(23)30-2)24-16-21-17-26(31-3)27(32-4)18-22(21)28(33-5,34-24)14-13-19-9-7-6-8-10-19/h6-18H,1-5H3/b14-13+. The van der Waals surface area contributed by atoms with E-state index in [0.717, 1.165) is 22.3 Å². The highest BCUT2D eigenvalue weighted by molar-refractivity contribution is 5.83. The van der Waals surface area contributed by atoms with Crippen molar-refractivity contribution < 1.29 is 28.4 Å². The molecule has 6 nitrogen and oxygen atoms in total. The molecule has 0 N–H and O–H groups in total. The van der Waals surface area contributed by atoms with Gasteiger partial charge in [0.1, 0.15) is 5.76 Å². The summed E-state index contributed by atoms with van der Waals surface area (Å²) >= 11 is 0. The minimum atomic E-state index is -1.21. The molecule has 6 heteroatoms. The monoisotopic (exact) mass is 460 g/mol. The summed E-state index contributed by atoms with van der Waals surface area (Å²) in [6, 6.07) is 19.4. The molecule has 1 heterocycles. The van der Waals surface area contributed by atoms with Crippen LogP contribution in [0.15, 0.2) is 66.7 Å². The van der Waals surface area contributed by atoms with Crippen molar-refractivity contribution in [3.63, 3.8) is 0 Å². The first-order chi connectivity index (χ1) is 16.6. The van der Waals surface area contributed by atoms with E-state index in [-0.39, 0.29) is 0 Å². The van der Waals surface area contributed by atoms with E-state index in [1.807, 2.05) is 78.9 Å². The Kier molecular flexibility index (Phi) is 6.80. The molecule has 4 rings (SSSR count). The quantitative estimate of drug-likeness (QED) is 0.426. The molecule has 1 atom stereocenters. The first-order valence-corrected chi connectivity index (χ1v) is 10.8. The Bertz CT molecular complexity index is 1220. The van der Waals surface area contributed by atoms with Crippen LogP contribution in [0.3, 0.4) is 0 Å². The molecule has 0 saturated heterocycles. The van der Waals surface area contributed by atoms with Crippen molar-refractivity contribution in [3.05, 3.63) is 89.0 Å². The highest BCUT2D eigenvalue weighted by Gasteiger charge is 2.39. The minimum absolute atomic E-state index is 0.586. The third-order valence-corrected chi connectivity index (χ3v) is 5.75. The predicted molar refractivity (Wildman–Crippen MR) is 132 cm³/mol. The van der Waals surface area contributed by atoms with E-state index >= 15 is 0 Å². The molecule has 0 saturated carbocycles. The highest BCUT2D eigenvalue weighted by atomic mass is 16.7. The second kappa shape index (κ2) is 9.93. The molecular formula is C28H28O6. The van der Waals surface area contributed by atoms with Crippen molar-refractivity contribution in [2.24, 2.45) is 0 Å². The number of rotatable bonds is 8. The van der Waals surface area contributed by atoms with E-state index < -0.39 is 5.79 Å². The summed E-state index contributed by atoms with van der Waals surface area (Å²) in [5.41, 5.74) is 3.51. The van der Waals surface area contributed by atoms with Gasteiger partial charge in [-0.15, -0.1) is 0 Å². The second-order valence-electron chi connectivity index (χ2n) is 7.59. The lowest BCUT2D eigenvalue weighted by molar-refractivity contribution is -0.151. The summed E-state index contributed by atoms with van der Waals surface area (Å²) in [5, 5.41) is 0. The molecule has 0 bridgehead atoms. The Morgan fingerprint density at radius 1 is 0.706 bits per heavy atom. The fraction of sp³-hybridized carbons (Fsp3) is 0.214. The van der Waals surface area contributed by atoms with Crippen LogP contribution in [-0.4, -0.2) is 35.5 Å². The molecule has 0 amide bonds. The van der Waals surface area contributed by atoms with E-state index in [1.165, 1.54) is 0 Å². The van der Waals surface area contributed by atoms with Crippen molar-refractivity contribution in [1.29, 1.82) is 0 Å². The van der Waals surface area contributed by atoms with E-state index in [2.05, 4.69) is 0 Å². The molecule has 1 aliphatic heterocycles. The molecule has 1 aliphatic rings. The van der Waals surface area contributed by atoms with Gasteiger partial charge in [-0.1, -0.05) is 36.4 Å². The number of ether oxygens (including phenoxy) is 6. The van der Waals surface area contributed by atoms with Gasteiger partial charge in [0.05, 0.1) is 28.4 Å². The maximum absolute atomic E-state index is 6.56. The summed E-state index contributed by atoms with van der Waals surface area (Å²) in [7, 11) is 8.04. The smallest absolute Gasteiger partial charge is 0.258 e. The number of hydrogen-bond donors (Lipinski definition) is 0. The van der Waals surface area contributed by atoms with E-state index in [1.54, 1.807) is 35.5 Å². The zero-order valence-corrected chi connectivity index (χ0v) is 20.0. The Hall–Kier alpha value is -3.90. The second-order valence-corrected chi connectivity index (χ2v) is 7.59. The van der Waals surface area contributed by atoms with Crippen LogP contribution in [0.25, 0.3) is 17.9 Å². The lowest BCUT2D eigenvalue weighted by Crippen LogP contribution is -2.32. The van der Waals surface area contributed by atoms with Gasteiger partial charge in [0, 0.05) is 18.2 Å². The normalized spacial score (nSPS) is 16.9. The molecule has 34 heavy (non-hydrogen) atoms. The van der Waals surface area contributed by atoms with Crippen molar-refractivity contribution >= 4 is 17.9 Å². The number of hydrogen-bond acceptors (Lipinski definition) is 6. The molecule has 176 valence electrons. The van der Waals surface area contributed by atoms with Crippen LogP contribution >= 0.6 is 0 Å². The van der Waals surface area contributed by atoms with Gasteiger partial charge in [0.15, 0.2) is 23.0 Å². The molecule has 0 spiro atoms. The molecule has 0 aliphatic carbocycles. The van der Waals surface area contributed by atoms with Gasteiger partial charge in [0.25, 0.3) is 5.79 Å². The number of fused-ring (bicyclic) bond motifs is 1. The zero-order valence-electron chi connectivity index (χ0n) is 20.0. The van der Waals surface area contributed by atoms with Crippen molar-refractivity contribution in [2.45, 2.75) is 5.79 Å². The Balaban J connectivity index is 1.90. The third kappa shape index (κ3) is 4.32. The van der Waals surface area contributed by atoms with Crippen molar-refractivity contribution in [1.82, 2.24) is 0 Å². The van der Waals surface area contributed by atoms with Gasteiger partial charge in [-0.25, -0.2) is 0 Å². The van der Waals surface area contributed by atoms with E-state index in [0.29, 0.717) is 28.8 Å². The SMILES string of the molecule is COc1ccc(C2=Cc3cc(OC)c(OC)cc3C(/C=C/c3ccccc3)(OC)O2)cc1OC. The van der Waals surface area contributed by atoms with E-state index in [4.69, 9.17) is 28.4 Å². The largest absolute Gasteiger partial charge is 0.493 e. The Morgan fingerprint density at radius 2 is 1.35 bits per heavy atom. The minimum Gasteiger partial charge on any atom is -0.493 e. The zero-order chi connectivity index (χ0) is 24.1. The number of benzene rings is 3. The summed E-state index contributed by atoms with van der Waals surface area (Å²) in [4.78, 5) is 0. The first kappa shape index (κ1) is 23.3. The topological polar surface area (TPSA) is 55.4 Å². The Labute approximate surface area is 199 Å². The van der Waals surface area contributed by atoms with Crippen LogP contribution < -0.4 is 18.9 Å². The maximum Gasteiger partial charge on any atom is 0.258 e. The van der Waals surface area contributed by atoms with Crippen molar-refractivity contribution in [3.8, 4) is 23.0 Å². The van der Waals surface area contributed by atoms with Crippen LogP contribution in [-0.2, 0) is 15.3 Å². The van der Waals surface area contributed by atoms with Crippen LogP contribution in [0.5, 0.6) is 23.0 Å². The molecule has 1 unspecified atom stereocenters. The molecule has 3 aromatic rings. The first-order valence-electron chi connectivity index (χ1n) is 10.8. The van der Waals surface area contributed by atoms with Crippen LogP contribution in [0.4, 0.5) is 0 Å². The van der Waals surface area contributed by atoms with Crippen LogP contribution in [0.1, 0.15) is 22.3 Å². The average molecular weight is 461 g/mol. The van der Waals surface area contributed by atoms with Gasteiger partial charge in [-0.05, 0) is 53.6 Å². The summed E-state index contributed by atoms with van der Waals surface area (Å²) in [6.45, 7) is 0.